The SMILES string of the molecule is COCn1nnc(C(c2ccccc2)N2CCN(C(=O)OCc3ccccc3)CC2)n1. The highest BCUT2D eigenvalue weighted by molar-refractivity contribution is 5.67. The van der Waals surface area contributed by atoms with E-state index in [1.54, 1.807) is 12.0 Å². The summed E-state index contributed by atoms with van der Waals surface area (Å²) >= 11 is 0. The Morgan fingerprint density at radius 1 is 1.00 bits per heavy atom. The molecule has 2 heterocycles. The Kier molecular flexibility index (Phi) is 6.85. The number of amides is 1. The Labute approximate surface area is 181 Å². The van der Waals surface area contributed by atoms with Crippen LogP contribution in [-0.4, -0.2) is 69.4 Å². The first-order valence-corrected chi connectivity index (χ1v) is 10.3. The van der Waals surface area contributed by atoms with Crippen molar-refractivity contribution in [2.75, 3.05) is 33.3 Å². The summed E-state index contributed by atoms with van der Waals surface area (Å²) < 4.78 is 10.6. The minimum atomic E-state index is -0.288. The third kappa shape index (κ3) is 5.25. The fourth-order valence-electron chi connectivity index (χ4n) is 3.67. The topological polar surface area (TPSA) is 85.6 Å². The third-order valence-corrected chi connectivity index (χ3v) is 5.22. The van der Waals surface area contributed by atoms with E-state index < -0.39 is 0 Å². The van der Waals surface area contributed by atoms with Crippen LogP contribution in [0.25, 0.3) is 0 Å². The minimum Gasteiger partial charge on any atom is -0.445 e. The van der Waals surface area contributed by atoms with Crippen molar-refractivity contribution in [3.63, 3.8) is 0 Å². The maximum Gasteiger partial charge on any atom is 0.410 e. The van der Waals surface area contributed by atoms with E-state index in [9.17, 15) is 4.79 Å². The van der Waals surface area contributed by atoms with Gasteiger partial charge in [-0.2, -0.15) is 0 Å². The molecule has 1 aliphatic heterocycles. The molecule has 9 nitrogen and oxygen atoms in total. The van der Waals surface area contributed by atoms with Crippen LogP contribution in [0.2, 0.25) is 0 Å². The predicted octanol–water partition coefficient (Wildman–Crippen LogP) is 2.32. The summed E-state index contributed by atoms with van der Waals surface area (Å²) in [5.41, 5.74) is 2.06. The van der Waals surface area contributed by atoms with E-state index >= 15 is 0 Å². The molecule has 162 valence electrons. The van der Waals surface area contributed by atoms with Gasteiger partial charge in [-0.1, -0.05) is 60.7 Å². The molecule has 1 unspecified atom stereocenters. The molecule has 1 saturated heterocycles. The Bertz CT molecular complexity index is 958. The van der Waals surface area contributed by atoms with Crippen molar-refractivity contribution in [3.05, 3.63) is 77.6 Å². The highest BCUT2D eigenvalue weighted by Crippen LogP contribution is 2.27. The molecule has 1 aliphatic rings. The number of piperazine rings is 1. The second kappa shape index (κ2) is 10.1. The van der Waals surface area contributed by atoms with Crippen LogP contribution in [-0.2, 0) is 22.8 Å². The lowest BCUT2D eigenvalue weighted by Crippen LogP contribution is -2.50. The van der Waals surface area contributed by atoms with Gasteiger partial charge in [0.2, 0.25) is 0 Å². The van der Waals surface area contributed by atoms with Crippen LogP contribution in [0.15, 0.2) is 60.7 Å². The van der Waals surface area contributed by atoms with Gasteiger partial charge < -0.3 is 14.4 Å². The number of hydrogen-bond acceptors (Lipinski definition) is 7. The van der Waals surface area contributed by atoms with Crippen LogP contribution in [0.4, 0.5) is 4.79 Å². The maximum atomic E-state index is 12.5. The van der Waals surface area contributed by atoms with Crippen LogP contribution < -0.4 is 0 Å². The predicted molar refractivity (Wildman–Crippen MR) is 113 cm³/mol. The van der Waals surface area contributed by atoms with Crippen LogP contribution >= 0.6 is 0 Å². The Morgan fingerprint density at radius 2 is 1.68 bits per heavy atom. The summed E-state index contributed by atoms with van der Waals surface area (Å²) in [6.07, 6.45) is -0.288. The van der Waals surface area contributed by atoms with Gasteiger partial charge in [0.15, 0.2) is 12.6 Å². The van der Waals surface area contributed by atoms with Gasteiger partial charge in [0.25, 0.3) is 0 Å². The number of benzene rings is 2. The molecule has 1 atom stereocenters. The first-order chi connectivity index (χ1) is 15.2. The van der Waals surface area contributed by atoms with Gasteiger partial charge in [0.05, 0.1) is 6.04 Å². The zero-order chi connectivity index (χ0) is 21.5. The largest absolute Gasteiger partial charge is 0.445 e. The van der Waals surface area contributed by atoms with Gasteiger partial charge >= 0.3 is 6.09 Å². The number of nitrogens with zero attached hydrogens (tertiary/aromatic N) is 6. The molecule has 31 heavy (non-hydrogen) atoms. The summed E-state index contributed by atoms with van der Waals surface area (Å²) in [4.78, 5) is 17.9. The number of methoxy groups -OCH3 is 1. The molecular formula is C22H26N6O3. The standard InChI is InChI=1S/C22H26N6O3/c1-30-17-28-24-21(23-25-28)20(19-10-6-3-7-11-19)26-12-14-27(15-13-26)22(29)31-16-18-8-4-2-5-9-18/h2-11,20H,12-17H2,1H3. The summed E-state index contributed by atoms with van der Waals surface area (Å²) in [7, 11) is 1.59. The van der Waals surface area contributed by atoms with E-state index in [4.69, 9.17) is 9.47 Å². The van der Waals surface area contributed by atoms with E-state index in [0.29, 0.717) is 32.0 Å². The average molecular weight is 422 g/mol. The molecule has 0 saturated carbocycles. The van der Waals surface area contributed by atoms with Crippen LogP contribution in [0.1, 0.15) is 23.0 Å². The summed E-state index contributed by atoms with van der Waals surface area (Å²) in [6, 6.07) is 19.6. The summed E-state index contributed by atoms with van der Waals surface area (Å²) in [6.45, 7) is 3.03. The van der Waals surface area contributed by atoms with Gasteiger partial charge in [0.1, 0.15) is 6.61 Å². The first kappa shape index (κ1) is 21.0. The number of rotatable bonds is 7. The second-order valence-corrected chi connectivity index (χ2v) is 7.31. The number of aromatic nitrogens is 4. The van der Waals surface area contributed by atoms with E-state index in [1.807, 2.05) is 48.5 Å². The van der Waals surface area contributed by atoms with Crippen molar-refractivity contribution >= 4 is 6.09 Å². The highest BCUT2D eigenvalue weighted by atomic mass is 16.6. The van der Waals surface area contributed by atoms with Crippen molar-refractivity contribution in [1.82, 2.24) is 30.0 Å². The Morgan fingerprint density at radius 3 is 2.35 bits per heavy atom. The maximum absolute atomic E-state index is 12.5. The lowest BCUT2D eigenvalue weighted by atomic mass is 10.0. The van der Waals surface area contributed by atoms with Gasteiger partial charge in [-0.05, 0) is 16.3 Å². The normalized spacial score (nSPS) is 15.6. The second-order valence-electron chi connectivity index (χ2n) is 7.31. The van der Waals surface area contributed by atoms with Gasteiger partial charge in [-0.15, -0.1) is 15.0 Å². The molecule has 2 aromatic carbocycles. The highest BCUT2D eigenvalue weighted by Gasteiger charge is 2.31. The fourth-order valence-corrected chi connectivity index (χ4v) is 3.67. The molecule has 3 aromatic rings. The van der Waals surface area contributed by atoms with E-state index in [2.05, 4.69) is 32.4 Å². The van der Waals surface area contributed by atoms with Gasteiger partial charge in [-0.25, -0.2) is 4.79 Å². The summed E-state index contributed by atoms with van der Waals surface area (Å²) in [5, 5.41) is 12.8. The van der Waals surface area contributed by atoms with E-state index in [-0.39, 0.29) is 25.5 Å². The average Bonchev–Trinajstić information content (AvgIpc) is 3.28. The van der Waals surface area contributed by atoms with Crippen molar-refractivity contribution < 1.29 is 14.3 Å². The molecule has 1 aromatic heterocycles. The molecule has 0 aliphatic carbocycles. The monoisotopic (exact) mass is 422 g/mol. The molecule has 9 heteroatoms. The molecule has 0 spiro atoms. The third-order valence-electron chi connectivity index (χ3n) is 5.22. The Hall–Kier alpha value is -3.30. The molecule has 1 fully saturated rings. The molecule has 0 radical (unpaired) electrons. The molecule has 4 rings (SSSR count). The number of tetrazole rings is 1. The van der Waals surface area contributed by atoms with Gasteiger partial charge in [0, 0.05) is 33.3 Å². The van der Waals surface area contributed by atoms with Crippen LogP contribution in [0.5, 0.6) is 0 Å². The van der Waals surface area contributed by atoms with Gasteiger partial charge in [-0.3, -0.25) is 4.90 Å². The number of hydrogen-bond donors (Lipinski definition) is 0. The number of carbonyl (C=O) groups is 1. The number of carbonyl (C=O) groups excluding carboxylic acids is 1. The van der Waals surface area contributed by atoms with Crippen LogP contribution in [0.3, 0.4) is 0 Å². The minimum absolute atomic E-state index is 0.144. The van der Waals surface area contributed by atoms with Crippen molar-refractivity contribution in [2.45, 2.75) is 19.4 Å². The number of ether oxygens (including phenoxy) is 2. The first-order valence-electron chi connectivity index (χ1n) is 10.3. The molecule has 1 amide bonds. The lowest BCUT2D eigenvalue weighted by Gasteiger charge is -2.37. The van der Waals surface area contributed by atoms with Crippen molar-refractivity contribution in [3.8, 4) is 0 Å². The smallest absolute Gasteiger partial charge is 0.410 e. The van der Waals surface area contributed by atoms with E-state index in [1.165, 1.54) is 4.80 Å². The quantitative estimate of drug-likeness (QED) is 0.578. The van der Waals surface area contributed by atoms with Crippen LogP contribution in [0, 0.1) is 0 Å². The zero-order valence-corrected chi connectivity index (χ0v) is 17.5. The summed E-state index contributed by atoms with van der Waals surface area (Å²) in [5.74, 6) is 0.614. The molecule has 0 bridgehead atoms. The van der Waals surface area contributed by atoms with Crippen molar-refractivity contribution in [2.24, 2.45) is 0 Å². The fraction of sp³-hybridized carbons (Fsp3) is 0.364. The van der Waals surface area contributed by atoms with Crippen molar-refractivity contribution in [1.29, 1.82) is 0 Å². The zero-order valence-electron chi connectivity index (χ0n) is 17.5. The lowest BCUT2D eigenvalue weighted by molar-refractivity contribution is 0.0633. The Balaban J connectivity index is 1.41. The van der Waals surface area contributed by atoms with E-state index in [0.717, 1.165) is 11.1 Å². The molecular weight excluding hydrogens is 396 g/mol. The molecule has 0 N–H and O–H groups in total.